The van der Waals surface area contributed by atoms with Crippen molar-refractivity contribution in [2.75, 3.05) is 5.43 Å². The van der Waals surface area contributed by atoms with Crippen LogP contribution in [0.15, 0.2) is 72.1 Å². The molecule has 6 heteroatoms. The molecule has 0 aliphatic rings. The zero-order valence-corrected chi connectivity index (χ0v) is 13.7. The lowest BCUT2D eigenvalue weighted by Crippen LogP contribution is -1.99. The normalized spacial score (nSPS) is 11.2. The van der Waals surface area contributed by atoms with E-state index in [0.717, 1.165) is 28.0 Å². The number of benzene rings is 2. The summed E-state index contributed by atoms with van der Waals surface area (Å²) in [6.07, 6.45) is 3.27. The number of fused-ring (bicyclic) bond motifs is 1. The topological polar surface area (TPSA) is 68.0 Å². The maximum atomic E-state index is 4.61. The van der Waals surface area contributed by atoms with Gasteiger partial charge in [0.15, 0.2) is 11.5 Å². The molecule has 2 aromatic carbocycles. The Labute approximate surface area is 144 Å². The highest BCUT2D eigenvalue weighted by Crippen LogP contribution is 2.25. The van der Waals surface area contributed by atoms with Gasteiger partial charge in [0.1, 0.15) is 6.33 Å². The Balaban J connectivity index is 1.71. The molecule has 0 aliphatic carbocycles. The molecule has 0 amide bonds. The molecule has 0 saturated heterocycles. The van der Waals surface area contributed by atoms with Crippen LogP contribution in [0.5, 0.6) is 0 Å². The van der Waals surface area contributed by atoms with Crippen LogP contribution in [0.3, 0.4) is 0 Å². The summed E-state index contributed by atoms with van der Waals surface area (Å²) >= 11 is 0. The van der Waals surface area contributed by atoms with E-state index in [1.807, 2.05) is 72.3 Å². The predicted octanol–water partition coefficient (Wildman–Crippen LogP) is 3.57. The van der Waals surface area contributed by atoms with Gasteiger partial charge >= 0.3 is 0 Å². The van der Waals surface area contributed by atoms with Crippen LogP contribution in [0.2, 0.25) is 0 Å². The van der Waals surface area contributed by atoms with E-state index in [9.17, 15) is 0 Å². The van der Waals surface area contributed by atoms with Gasteiger partial charge in [-0.1, -0.05) is 48.5 Å². The van der Waals surface area contributed by atoms with Crippen molar-refractivity contribution in [3.05, 3.63) is 78.2 Å². The number of rotatable bonds is 4. The summed E-state index contributed by atoms with van der Waals surface area (Å²) in [4.78, 5) is 8.72. The first-order valence-corrected chi connectivity index (χ1v) is 7.93. The SMILES string of the molecule is Cc1nn(-c2ccccc2)c2ncnc(N/N=C/c3ccccc3)c12. The van der Waals surface area contributed by atoms with E-state index in [1.165, 1.54) is 6.33 Å². The average Bonchev–Trinajstić information content (AvgIpc) is 3.01. The molecule has 2 heterocycles. The molecule has 6 nitrogen and oxygen atoms in total. The van der Waals surface area contributed by atoms with E-state index in [0.29, 0.717) is 5.82 Å². The van der Waals surface area contributed by atoms with Gasteiger partial charge < -0.3 is 0 Å². The summed E-state index contributed by atoms with van der Waals surface area (Å²) < 4.78 is 1.82. The predicted molar refractivity (Wildman–Crippen MR) is 99.1 cm³/mol. The third kappa shape index (κ3) is 2.97. The Kier molecular flexibility index (Phi) is 3.92. The van der Waals surface area contributed by atoms with Crippen molar-refractivity contribution >= 4 is 23.1 Å². The van der Waals surface area contributed by atoms with Gasteiger partial charge in [0.25, 0.3) is 0 Å². The molecule has 0 aliphatic heterocycles. The average molecular weight is 328 g/mol. The van der Waals surface area contributed by atoms with Crippen molar-refractivity contribution in [2.45, 2.75) is 6.92 Å². The van der Waals surface area contributed by atoms with E-state index >= 15 is 0 Å². The van der Waals surface area contributed by atoms with Crippen LogP contribution in [-0.4, -0.2) is 26.0 Å². The van der Waals surface area contributed by atoms with E-state index in [4.69, 9.17) is 0 Å². The summed E-state index contributed by atoms with van der Waals surface area (Å²) in [6.45, 7) is 1.94. The van der Waals surface area contributed by atoms with Crippen molar-refractivity contribution < 1.29 is 0 Å². The van der Waals surface area contributed by atoms with Gasteiger partial charge in [0, 0.05) is 0 Å². The number of hydrazone groups is 1. The number of aromatic nitrogens is 4. The first kappa shape index (κ1) is 15.0. The Morgan fingerprint density at radius 3 is 2.44 bits per heavy atom. The van der Waals surface area contributed by atoms with Gasteiger partial charge in [0.2, 0.25) is 0 Å². The van der Waals surface area contributed by atoms with E-state index in [-0.39, 0.29) is 0 Å². The van der Waals surface area contributed by atoms with E-state index in [1.54, 1.807) is 6.21 Å². The quantitative estimate of drug-likeness (QED) is 0.459. The molecule has 1 N–H and O–H groups in total. The second-order valence-electron chi connectivity index (χ2n) is 5.53. The number of hydrogen-bond acceptors (Lipinski definition) is 5. The minimum absolute atomic E-state index is 0.636. The first-order chi connectivity index (χ1) is 12.3. The highest BCUT2D eigenvalue weighted by molar-refractivity contribution is 5.90. The molecule has 0 unspecified atom stereocenters. The highest BCUT2D eigenvalue weighted by Gasteiger charge is 2.14. The van der Waals surface area contributed by atoms with Crippen molar-refractivity contribution in [3.8, 4) is 5.69 Å². The van der Waals surface area contributed by atoms with Crippen LogP contribution >= 0.6 is 0 Å². The molecular formula is C19H16N6. The fourth-order valence-electron chi connectivity index (χ4n) is 2.66. The highest BCUT2D eigenvalue weighted by atomic mass is 15.3. The van der Waals surface area contributed by atoms with Gasteiger partial charge in [-0.15, -0.1) is 0 Å². The van der Waals surface area contributed by atoms with Crippen LogP contribution < -0.4 is 5.43 Å². The monoisotopic (exact) mass is 328 g/mol. The number of anilines is 1. The number of hydrogen-bond donors (Lipinski definition) is 1. The summed E-state index contributed by atoms with van der Waals surface area (Å²) in [5.74, 6) is 0.636. The molecule has 4 aromatic rings. The molecule has 2 aromatic heterocycles. The maximum absolute atomic E-state index is 4.61. The molecular weight excluding hydrogens is 312 g/mol. The molecule has 0 atom stereocenters. The summed E-state index contributed by atoms with van der Waals surface area (Å²) in [7, 11) is 0. The van der Waals surface area contributed by atoms with Crippen LogP contribution in [0.1, 0.15) is 11.3 Å². The fraction of sp³-hybridized carbons (Fsp3) is 0.0526. The number of para-hydroxylation sites is 1. The second-order valence-corrected chi connectivity index (χ2v) is 5.53. The molecule has 122 valence electrons. The summed E-state index contributed by atoms with van der Waals surface area (Å²) in [5.41, 5.74) is 6.57. The third-order valence-electron chi connectivity index (χ3n) is 3.82. The second kappa shape index (κ2) is 6.52. The molecule has 0 radical (unpaired) electrons. The summed E-state index contributed by atoms with van der Waals surface area (Å²) in [6, 6.07) is 19.8. The smallest absolute Gasteiger partial charge is 0.168 e. The zero-order valence-electron chi connectivity index (χ0n) is 13.7. The molecule has 0 spiro atoms. The zero-order chi connectivity index (χ0) is 17.1. The van der Waals surface area contributed by atoms with Gasteiger partial charge in [-0.05, 0) is 24.6 Å². The molecule has 25 heavy (non-hydrogen) atoms. The van der Waals surface area contributed by atoms with Gasteiger partial charge in [-0.3, -0.25) is 5.43 Å². The third-order valence-corrected chi connectivity index (χ3v) is 3.82. The first-order valence-electron chi connectivity index (χ1n) is 7.93. The van der Waals surface area contributed by atoms with Gasteiger partial charge in [-0.25, -0.2) is 14.6 Å². The largest absolute Gasteiger partial charge is 0.261 e. The van der Waals surface area contributed by atoms with Crippen molar-refractivity contribution in [3.63, 3.8) is 0 Å². The number of nitrogens with one attached hydrogen (secondary N) is 1. The minimum Gasteiger partial charge on any atom is -0.261 e. The van der Waals surface area contributed by atoms with E-state index in [2.05, 4.69) is 25.6 Å². The Morgan fingerprint density at radius 2 is 1.68 bits per heavy atom. The lowest BCUT2D eigenvalue weighted by Gasteiger charge is -2.03. The van der Waals surface area contributed by atoms with Gasteiger partial charge in [-0.2, -0.15) is 10.2 Å². The lowest BCUT2D eigenvalue weighted by atomic mass is 10.2. The van der Waals surface area contributed by atoms with Crippen LogP contribution in [0.25, 0.3) is 16.7 Å². The van der Waals surface area contributed by atoms with Crippen LogP contribution in [-0.2, 0) is 0 Å². The maximum Gasteiger partial charge on any atom is 0.168 e. The Bertz CT molecular complexity index is 1020. The van der Waals surface area contributed by atoms with Gasteiger partial charge in [0.05, 0.1) is 23.0 Å². The Morgan fingerprint density at radius 1 is 0.960 bits per heavy atom. The van der Waals surface area contributed by atoms with Crippen LogP contribution in [0, 0.1) is 6.92 Å². The molecule has 0 saturated carbocycles. The lowest BCUT2D eigenvalue weighted by molar-refractivity contribution is 0.876. The standard InChI is InChI=1S/C19H16N6/c1-14-17-18(23-22-12-15-8-4-2-5-9-15)20-13-21-19(17)25(24-14)16-10-6-3-7-11-16/h2-13H,1H3,(H,20,21,23)/b22-12+. The van der Waals surface area contributed by atoms with Crippen molar-refractivity contribution in [1.29, 1.82) is 0 Å². The minimum atomic E-state index is 0.636. The van der Waals surface area contributed by atoms with Crippen LogP contribution in [0.4, 0.5) is 5.82 Å². The van der Waals surface area contributed by atoms with E-state index < -0.39 is 0 Å². The number of aryl methyl sites for hydroxylation is 1. The fourth-order valence-corrected chi connectivity index (χ4v) is 2.66. The summed E-state index contributed by atoms with van der Waals surface area (Å²) in [5, 5.41) is 9.75. The molecule has 4 rings (SSSR count). The molecule has 0 fully saturated rings. The van der Waals surface area contributed by atoms with Crippen molar-refractivity contribution in [2.24, 2.45) is 5.10 Å². The Hall–Kier alpha value is -3.54. The number of nitrogens with zero attached hydrogens (tertiary/aromatic N) is 5. The molecule has 0 bridgehead atoms. The van der Waals surface area contributed by atoms with Crippen molar-refractivity contribution in [1.82, 2.24) is 19.7 Å².